The molecule has 0 atom stereocenters. The summed E-state index contributed by atoms with van der Waals surface area (Å²) >= 11 is 1.11. The maximum absolute atomic E-state index is 10.7. The van der Waals surface area contributed by atoms with E-state index in [4.69, 9.17) is 0 Å². The minimum atomic E-state index is -0.420. The lowest BCUT2D eigenvalue weighted by molar-refractivity contribution is -0.134. The number of carbonyl (C=O) groups excluding carboxylic acids is 1. The molecule has 5 nitrogen and oxygen atoms in total. The van der Waals surface area contributed by atoms with Gasteiger partial charge in [0, 0.05) is 23.3 Å². The maximum Gasteiger partial charge on any atom is 0.331 e. The van der Waals surface area contributed by atoms with Crippen LogP contribution in [-0.2, 0) is 16.1 Å². The zero-order chi connectivity index (χ0) is 10.4. The summed E-state index contributed by atoms with van der Waals surface area (Å²) in [7, 11) is 1.31. The molecule has 76 valence electrons. The fourth-order valence-electron chi connectivity index (χ4n) is 0.764. The van der Waals surface area contributed by atoms with Crippen molar-refractivity contribution in [2.75, 3.05) is 7.11 Å². The van der Waals surface area contributed by atoms with Crippen molar-refractivity contribution in [3.8, 4) is 0 Å². The van der Waals surface area contributed by atoms with Gasteiger partial charge in [-0.05, 0) is 0 Å². The maximum atomic E-state index is 10.7. The topological polar surface area (TPSA) is 71.2 Å². The van der Waals surface area contributed by atoms with Crippen molar-refractivity contribution in [1.82, 2.24) is 10.3 Å². The number of aromatic nitrogens is 1. The number of nitrogens with one attached hydrogen (secondary N) is 2. The van der Waals surface area contributed by atoms with Crippen molar-refractivity contribution < 1.29 is 9.53 Å². The lowest BCUT2D eigenvalue weighted by Crippen LogP contribution is -2.08. The second-order valence-electron chi connectivity index (χ2n) is 2.41. The van der Waals surface area contributed by atoms with E-state index >= 15 is 0 Å². The predicted molar refractivity (Wildman–Crippen MR) is 52.9 cm³/mol. The number of hydrogen-bond acceptors (Lipinski definition) is 5. The first-order chi connectivity index (χ1) is 6.72. The molecule has 1 aromatic heterocycles. The zero-order valence-electron chi connectivity index (χ0n) is 7.57. The minimum absolute atomic E-state index is 0.0845. The molecule has 0 amide bonds. The van der Waals surface area contributed by atoms with Crippen molar-refractivity contribution >= 4 is 17.3 Å². The predicted octanol–water partition coefficient (Wildman–Crippen LogP) is 0.213. The molecule has 6 heteroatoms. The first kappa shape index (κ1) is 10.5. The highest BCUT2D eigenvalue weighted by atomic mass is 32.1. The van der Waals surface area contributed by atoms with Gasteiger partial charge in [-0.3, -0.25) is 4.79 Å². The van der Waals surface area contributed by atoms with Crippen molar-refractivity contribution in [2.24, 2.45) is 0 Å². The highest BCUT2D eigenvalue weighted by Gasteiger charge is 1.94. The fraction of sp³-hybridized carbons (Fsp3) is 0.250. The Hall–Kier alpha value is -1.56. The molecule has 0 spiro atoms. The van der Waals surface area contributed by atoms with E-state index in [2.05, 4.69) is 15.0 Å². The van der Waals surface area contributed by atoms with Crippen molar-refractivity contribution in [3.05, 3.63) is 33.0 Å². The average molecular weight is 214 g/mol. The second-order valence-corrected chi connectivity index (χ2v) is 3.25. The first-order valence-corrected chi connectivity index (χ1v) is 4.75. The summed E-state index contributed by atoms with van der Waals surface area (Å²) in [5.74, 6) is -0.420. The Balaban J connectivity index is 2.32. The van der Waals surface area contributed by atoms with Crippen LogP contribution in [0.4, 0.5) is 0 Å². The Labute approximate surface area is 84.4 Å². The molecule has 0 aliphatic heterocycles. The summed E-state index contributed by atoms with van der Waals surface area (Å²) in [6.45, 7) is 0.478. The summed E-state index contributed by atoms with van der Waals surface area (Å²) in [5.41, 5.74) is 0.787. The molecule has 1 rings (SSSR count). The molecule has 0 aliphatic carbocycles. The van der Waals surface area contributed by atoms with Gasteiger partial charge in [0.05, 0.1) is 13.7 Å². The Morgan fingerprint density at radius 1 is 1.79 bits per heavy atom. The van der Waals surface area contributed by atoms with Gasteiger partial charge in [-0.2, -0.15) is 0 Å². The molecule has 0 saturated heterocycles. The Morgan fingerprint density at radius 3 is 3.14 bits per heavy atom. The molecular weight excluding hydrogens is 204 g/mol. The molecule has 0 aromatic carbocycles. The molecule has 0 radical (unpaired) electrons. The van der Waals surface area contributed by atoms with E-state index in [0.717, 1.165) is 17.0 Å². The van der Waals surface area contributed by atoms with Crippen LogP contribution in [0.2, 0.25) is 0 Å². The van der Waals surface area contributed by atoms with E-state index in [0.29, 0.717) is 6.54 Å². The number of methoxy groups -OCH3 is 1. The molecule has 0 aliphatic rings. The molecule has 14 heavy (non-hydrogen) atoms. The van der Waals surface area contributed by atoms with E-state index in [1.807, 2.05) is 0 Å². The monoisotopic (exact) mass is 214 g/mol. The average Bonchev–Trinajstić information content (AvgIpc) is 2.58. The number of hydrogen-bond donors (Lipinski definition) is 2. The number of thiazole rings is 1. The SMILES string of the molecule is COC(=O)/C=C/NCc1csc(=O)[nH]1. The largest absolute Gasteiger partial charge is 0.466 e. The third-order valence-electron chi connectivity index (χ3n) is 1.40. The normalized spacial score (nSPS) is 10.4. The van der Waals surface area contributed by atoms with E-state index in [-0.39, 0.29) is 4.87 Å². The van der Waals surface area contributed by atoms with Crippen LogP contribution in [0.5, 0.6) is 0 Å². The van der Waals surface area contributed by atoms with Crippen LogP contribution in [0.15, 0.2) is 22.5 Å². The molecule has 0 saturated carbocycles. The summed E-state index contributed by atoms with van der Waals surface area (Å²) in [6, 6.07) is 0. The zero-order valence-corrected chi connectivity index (χ0v) is 8.39. The van der Waals surface area contributed by atoms with Crippen LogP contribution in [0, 0.1) is 0 Å². The van der Waals surface area contributed by atoms with Gasteiger partial charge in [-0.15, -0.1) is 0 Å². The molecular formula is C8H10N2O3S. The van der Waals surface area contributed by atoms with Crippen LogP contribution in [0.3, 0.4) is 0 Å². The summed E-state index contributed by atoms with van der Waals surface area (Å²) in [4.78, 5) is 23.9. The standard InChI is InChI=1S/C8H10N2O3S/c1-13-7(11)2-3-9-4-6-5-14-8(12)10-6/h2-3,5,9H,4H2,1H3,(H,10,12)/b3-2+. The number of carbonyl (C=O) groups is 1. The quantitative estimate of drug-likeness (QED) is 0.555. The smallest absolute Gasteiger partial charge is 0.331 e. The molecule has 0 unspecified atom stereocenters. The van der Waals surface area contributed by atoms with E-state index < -0.39 is 5.97 Å². The molecule has 2 N–H and O–H groups in total. The minimum Gasteiger partial charge on any atom is -0.466 e. The van der Waals surface area contributed by atoms with Crippen LogP contribution in [0.1, 0.15) is 5.69 Å². The Kier molecular flexibility index (Phi) is 3.93. The van der Waals surface area contributed by atoms with Gasteiger partial charge >= 0.3 is 10.8 Å². The van der Waals surface area contributed by atoms with Crippen molar-refractivity contribution in [2.45, 2.75) is 6.54 Å². The van der Waals surface area contributed by atoms with Crippen LogP contribution < -0.4 is 10.2 Å². The Bertz CT molecular complexity index is 380. The highest BCUT2D eigenvalue weighted by Crippen LogP contribution is 1.93. The third kappa shape index (κ3) is 3.44. The number of rotatable bonds is 4. The van der Waals surface area contributed by atoms with Gasteiger partial charge in [-0.1, -0.05) is 11.3 Å². The van der Waals surface area contributed by atoms with Gasteiger partial charge in [-0.25, -0.2) is 4.79 Å². The molecule has 1 heterocycles. The Morgan fingerprint density at radius 2 is 2.57 bits per heavy atom. The number of aromatic amines is 1. The third-order valence-corrected chi connectivity index (χ3v) is 2.12. The highest BCUT2D eigenvalue weighted by molar-refractivity contribution is 7.07. The summed E-state index contributed by atoms with van der Waals surface area (Å²) in [6.07, 6.45) is 2.74. The number of ether oxygens (including phenoxy) is 1. The van der Waals surface area contributed by atoms with Crippen molar-refractivity contribution in [3.63, 3.8) is 0 Å². The van der Waals surface area contributed by atoms with Crippen LogP contribution in [0.25, 0.3) is 0 Å². The second kappa shape index (κ2) is 5.23. The number of H-pyrrole nitrogens is 1. The first-order valence-electron chi connectivity index (χ1n) is 3.87. The molecule has 0 bridgehead atoms. The van der Waals surface area contributed by atoms with Gasteiger partial charge < -0.3 is 15.0 Å². The van der Waals surface area contributed by atoms with Gasteiger partial charge in [0.25, 0.3) is 0 Å². The lowest BCUT2D eigenvalue weighted by atomic mass is 10.5. The lowest BCUT2D eigenvalue weighted by Gasteiger charge is -1.95. The van der Waals surface area contributed by atoms with E-state index in [9.17, 15) is 9.59 Å². The van der Waals surface area contributed by atoms with Crippen LogP contribution >= 0.6 is 11.3 Å². The molecule has 0 fully saturated rings. The van der Waals surface area contributed by atoms with Crippen LogP contribution in [-0.4, -0.2) is 18.1 Å². The fourth-order valence-corrected chi connectivity index (χ4v) is 1.35. The van der Waals surface area contributed by atoms with Gasteiger partial charge in [0.15, 0.2) is 0 Å². The van der Waals surface area contributed by atoms with E-state index in [1.165, 1.54) is 19.4 Å². The summed E-state index contributed by atoms with van der Waals surface area (Å²) in [5, 5.41) is 4.56. The van der Waals surface area contributed by atoms with Gasteiger partial charge in [0.1, 0.15) is 0 Å². The molecule has 1 aromatic rings. The van der Waals surface area contributed by atoms with Crippen molar-refractivity contribution in [1.29, 1.82) is 0 Å². The van der Waals surface area contributed by atoms with E-state index in [1.54, 1.807) is 5.38 Å². The number of esters is 1. The summed E-state index contributed by atoms with van der Waals surface area (Å²) < 4.78 is 4.39. The van der Waals surface area contributed by atoms with Gasteiger partial charge in [0.2, 0.25) is 0 Å².